The lowest BCUT2D eigenvalue weighted by molar-refractivity contribution is 0.0980. The van der Waals surface area contributed by atoms with Crippen LogP contribution in [0.25, 0.3) is 10.9 Å². The summed E-state index contributed by atoms with van der Waals surface area (Å²) in [4.78, 5) is 25.3. The Kier molecular flexibility index (Phi) is 8.03. The van der Waals surface area contributed by atoms with Crippen LogP contribution in [-0.4, -0.2) is 38.2 Å². The molecule has 2 N–H and O–H groups in total. The molecule has 41 heavy (non-hydrogen) atoms. The van der Waals surface area contributed by atoms with E-state index in [0.717, 1.165) is 53.3 Å². The van der Waals surface area contributed by atoms with Crippen LogP contribution in [-0.2, 0) is 28.2 Å². The Hall–Kier alpha value is -4.31. The van der Waals surface area contributed by atoms with Crippen molar-refractivity contribution in [1.29, 1.82) is 0 Å². The first-order chi connectivity index (χ1) is 19.6. The lowest BCUT2D eigenvalue weighted by atomic mass is 10.0. The normalized spacial score (nSPS) is 13.7. The van der Waals surface area contributed by atoms with Gasteiger partial charge in [0.2, 0.25) is 0 Å². The zero-order valence-electron chi connectivity index (χ0n) is 23.3. The summed E-state index contributed by atoms with van der Waals surface area (Å²) in [5, 5.41) is 3.81. The van der Waals surface area contributed by atoms with Crippen LogP contribution in [0.2, 0.25) is 0 Å². The molecule has 0 saturated heterocycles. The van der Waals surface area contributed by atoms with Gasteiger partial charge in [-0.3, -0.25) is 10.1 Å². The van der Waals surface area contributed by atoms with Gasteiger partial charge in [-0.25, -0.2) is 17.9 Å². The highest BCUT2D eigenvalue weighted by molar-refractivity contribution is 7.90. The van der Waals surface area contributed by atoms with Gasteiger partial charge in [-0.1, -0.05) is 18.2 Å². The molecule has 0 radical (unpaired) electrons. The minimum absolute atomic E-state index is 0.0195. The first-order valence-corrected chi connectivity index (χ1v) is 15.0. The summed E-state index contributed by atoms with van der Waals surface area (Å²) in [6.45, 7) is 1.78. The topological polar surface area (TPSA) is 116 Å². The number of sulfonamides is 1. The third kappa shape index (κ3) is 6.38. The van der Waals surface area contributed by atoms with Crippen LogP contribution in [0.15, 0.2) is 71.8 Å². The van der Waals surface area contributed by atoms with Crippen molar-refractivity contribution in [2.75, 3.05) is 12.4 Å². The van der Waals surface area contributed by atoms with Crippen molar-refractivity contribution in [1.82, 2.24) is 9.29 Å². The van der Waals surface area contributed by atoms with Gasteiger partial charge in [-0.15, -0.1) is 0 Å². The molecule has 4 aromatic rings. The highest BCUT2D eigenvalue weighted by Gasteiger charge is 2.21. The molecule has 2 amide bonds. The van der Waals surface area contributed by atoms with Crippen LogP contribution >= 0.6 is 0 Å². The van der Waals surface area contributed by atoms with Crippen molar-refractivity contribution in [3.8, 4) is 5.75 Å². The molecule has 9 nitrogen and oxygen atoms in total. The largest absolute Gasteiger partial charge is 0.496 e. The fourth-order valence-electron chi connectivity index (χ4n) is 5.26. The molecule has 0 spiro atoms. The van der Waals surface area contributed by atoms with Crippen LogP contribution in [0.4, 0.5) is 10.5 Å². The number of hydrogen-bond acceptors (Lipinski definition) is 6. The molecule has 1 fully saturated rings. The number of benzene rings is 3. The number of nitrogens with zero attached hydrogens (tertiary/aromatic N) is 1. The minimum Gasteiger partial charge on any atom is -0.496 e. The quantitative estimate of drug-likeness (QED) is 0.279. The van der Waals surface area contributed by atoms with Crippen molar-refractivity contribution in [2.45, 2.75) is 50.0 Å². The molecule has 0 atom stereocenters. The Morgan fingerprint density at radius 3 is 2.51 bits per heavy atom. The third-order valence-electron chi connectivity index (χ3n) is 7.35. The number of fused-ring (bicyclic) bond motifs is 1. The van der Waals surface area contributed by atoms with Crippen molar-refractivity contribution in [3.63, 3.8) is 0 Å². The first-order valence-electron chi connectivity index (χ1n) is 13.5. The molecular formula is C31H33N3O6S. The molecule has 1 aromatic heterocycles. The Bertz CT molecular complexity index is 1720. The number of amides is 2. The average Bonchev–Trinajstić information content (AvgIpc) is 3.55. The van der Waals surface area contributed by atoms with Gasteiger partial charge in [0.05, 0.1) is 12.0 Å². The molecule has 10 heteroatoms. The zero-order valence-corrected chi connectivity index (χ0v) is 24.1. The summed E-state index contributed by atoms with van der Waals surface area (Å²) in [6, 6.07) is 16.9. The molecule has 1 aliphatic carbocycles. The first kappa shape index (κ1) is 28.2. The van der Waals surface area contributed by atoms with Gasteiger partial charge in [0.25, 0.3) is 15.9 Å². The van der Waals surface area contributed by atoms with E-state index in [9.17, 15) is 18.0 Å². The number of carbonyl (C=O) groups excluding carboxylic acids is 2. The molecule has 214 valence electrons. The van der Waals surface area contributed by atoms with Gasteiger partial charge in [-0.2, -0.15) is 0 Å². The van der Waals surface area contributed by atoms with E-state index in [2.05, 4.69) is 10.0 Å². The maximum absolute atomic E-state index is 12.9. The van der Waals surface area contributed by atoms with Crippen molar-refractivity contribution < 1.29 is 27.5 Å². The van der Waals surface area contributed by atoms with E-state index in [1.807, 2.05) is 36.0 Å². The summed E-state index contributed by atoms with van der Waals surface area (Å²) in [6.07, 6.45) is 6.00. The molecule has 5 rings (SSSR count). The van der Waals surface area contributed by atoms with Crippen LogP contribution < -0.4 is 14.8 Å². The van der Waals surface area contributed by atoms with Gasteiger partial charge >= 0.3 is 6.09 Å². The van der Waals surface area contributed by atoms with E-state index in [-0.39, 0.29) is 16.6 Å². The van der Waals surface area contributed by atoms with Crippen molar-refractivity contribution in [3.05, 3.63) is 89.1 Å². The van der Waals surface area contributed by atoms with Crippen LogP contribution in [0.5, 0.6) is 5.75 Å². The van der Waals surface area contributed by atoms with Gasteiger partial charge in [0, 0.05) is 41.8 Å². The Morgan fingerprint density at radius 1 is 1.00 bits per heavy atom. The molecule has 1 heterocycles. The molecule has 0 bridgehead atoms. The fourth-order valence-corrected chi connectivity index (χ4v) is 6.34. The second-order valence-electron chi connectivity index (χ2n) is 10.4. The molecule has 0 aliphatic heterocycles. The number of anilines is 1. The summed E-state index contributed by atoms with van der Waals surface area (Å²) >= 11 is 0. The number of aromatic nitrogens is 1. The summed E-state index contributed by atoms with van der Waals surface area (Å²) in [7, 11) is -0.576. The predicted molar refractivity (Wildman–Crippen MR) is 157 cm³/mol. The number of carbonyl (C=O) groups is 2. The highest BCUT2D eigenvalue weighted by atomic mass is 32.2. The number of ether oxygens (including phenoxy) is 2. The van der Waals surface area contributed by atoms with E-state index >= 15 is 0 Å². The third-order valence-corrected chi connectivity index (χ3v) is 8.68. The van der Waals surface area contributed by atoms with E-state index in [0.29, 0.717) is 17.9 Å². The zero-order chi connectivity index (χ0) is 29.1. The Balaban J connectivity index is 1.35. The standard InChI is InChI=1S/C31H33N3O6S/c1-20-7-6-10-26(15-20)41(37,38)33-30(35)22-12-11-21(29(17-22)39-3)16-23-19-34(2)28-14-13-24(18-27(23)28)32-31(36)40-25-8-4-5-9-25/h6-7,10-15,17-19,25H,4-5,8-9,16H2,1-3H3,(H,32,36)(H,33,35). The number of nitrogens with one attached hydrogen (secondary N) is 2. The minimum atomic E-state index is -4.03. The van der Waals surface area contributed by atoms with E-state index in [1.54, 1.807) is 31.2 Å². The highest BCUT2D eigenvalue weighted by Crippen LogP contribution is 2.30. The van der Waals surface area contributed by atoms with Crippen molar-refractivity contribution >= 4 is 38.6 Å². The van der Waals surface area contributed by atoms with E-state index in [1.165, 1.54) is 25.3 Å². The van der Waals surface area contributed by atoms with Crippen LogP contribution in [0.1, 0.15) is 52.7 Å². The fraction of sp³-hybridized carbons (Fsp3) is 0.290. The predicted octanol–water partition coefficient (Wildman–Crippen LogP) is 5.70. The van der Waals surface area contributed by atoms with Gasteiger partial charge in [0.1, 0.15) is 11.9 Å². The van der Waals surface area contributed by atoms with Crippen LogP contribution in [0.3, 0.4) is 0 Å². The summed E-state index contributed by atoms with van der Waals surface area (Å²) in [5.74, 6) is -0.293. The van der Waals surface area contributed by atoms with Crippen molar-refractivity contribution in [2.24, 2.45) is 7.05 Å². The summed E-state index contributed by atoms with van der Waals surface area (Å²) < 4.78 is 40.7. The molecule has 1 saturated carbocycles. The Labute approximate surface area is 239 Å². The van der Waals surface area contributed by atoms with Crippen LogP contribution in [0, 0.1) is 6.92 Å². The molecule has 1 aliphatic rings. The molecular weight excluding hydrogens is 542 g/mol. The smallest absolute Gasteiger partial charge is 0.411 e. The van der Waals surface area contributed by atoms with Gasteiger partial charge in [-0.05, 0) is 91.8 Å². The maximum atomic E-state index is 12.9. The van der Waals surface area contributed by atoms with Gasteiger partial charge in [0.15, 0.2) is 0 Å². The van der Waals surface area contributed by atoms with E-state index in [4.69, 9.17) is 9.47 Å². The molecule has 3 aromatic carbocycles. The summed E-state index contributed by atoms with van der Waals surface area (Å²) in [5.41, 5.74) is 4.37. The van der Waals surface area contributed by atoms with Gasteiger partial charge < -0.3 is 14.0 Å². The Morgan fingerprint density at radius 2 is 1.78 bits per heavy atom. The monoisotopic (exact) mass is 575 g/mol. The average molecular weight is 576 g/mol. The number of methoxy groups -OCH3 is 1. The molecule has 0 unspecified atom stereocenters. The number of aryl methyl sites for hydroxylation is 2. The lowest BCUT2D eigenvalue weighted by Crippen LogP contribution is -2.30. The van der Waals surface area contributed by atoms with E-state index < -0.39 is 22.0 Å². The number of hydrogen-bond donors (Lipinski definition) is 2. The lowest BCUT2D eigenvalue weighted by Gasteiger charge is -2.13. The second kappa shape index (κ2) is 11.7. The SMILES string of the molecule is COc1cc(C(=O)NS(=O)(=O)c2cccc(C)c2)ccc1Cc1cn(C)c2ccc(NC(=O)OC3CCCC3)cc12. The second-order valence-corrected chi connectivity index (χ2v) is 12.1. The maximum Gasteiger partial charge on any atom is 0.411 e. The number of rotatable bonds is 8.